The molecule has 112 valence electrons. The standard InChI is InChI=1S/C14H28N2O2S/c1-3-16(19(17,18)10-13-4-5-13)14(11-15)8-6-12(2)7-9-14/h12-13H,3-11,15H2,1-2H3. The zero-order chi connectivity index (χ0) is 14.1. The third-order valence-corrected chi connectivity index (χ3v) is 7.09. The van der Waals surface area contributed by atoms with Gasteiger partial charge in [-0.3, -0.25) is 0 Å². The van der Waals surface area contributed by atoms with Gasteiger partial charge in [0.25, 0.3) is 0 Å². The summed E-state index contributed by atoms with van der Waals surface area (Å²) in [4.78, 5) is 0. The maximum atomic E-state index is 12.6. The molecule has 0 spiro atoms. The molecule has 0 radical (unpaired) electrons. The second-order valence-corrected chi connectivity index (χ2v) is 8.44. The third-order valence-electron chi connectivity index (χ3n) is 4.88. The van der Waals surface area contributed by atoms with Crippen molar-refractivity contribution >= 4 is 10.0 Å². The lowest BCUT2D eigenvalue weighted by atomic mass is 9.77. The number of nitrogens with two attached hydrogens (primary N) is 1. The number of hydrogen-bond acceptors (Lipinski definition) is 3. The first-order chi connectivity index (χ1) is 8.93. The second kappa shape index (κ2) is 5.70. The molecule has 4 nitrogen and oxygen atoms in total. The highest BCUT2D eigenvalue weighted by molar-refractivity contribution is 7.89. The predicted molar refractivity (Wildman–Crippen MR) is 78.3 cm³/mol. The Balaban J connectivity index is 2.17. The van der Waals surface area contributed by atoms with E-state index >= 15 is 0 Å². The number of likely N-dealkylation sites (N-methyl/N-ethyl adjacent to an activating group) is 1. The van der Waals surface area contributed by atoms with Crippen LogP contribution in [0.1, 0.15) is 52.4 Å². The topological polar surface area (TPSA) is 63.4 Å². The van der Waals surface area contributed by atoms with E-state index in [1.54, 1.807) is 4.31 Å². The summed E-state index contributed by atoms with van der Waals surface area (Å²) in [6, 6.07) is 0. The molecule has 0 saturated heterocycles. The van der Waals surface area contributed by atoms with Crippen LogP contribution in [0, 0.1) is 11.8 Å². The molecular weight excluding hydrogens is 260 g/mol. The quantitative estimate of drug-likeness (QED) is 0.812. The van der Waals surface area contributed by atoms with Gasteiger partial charge in [-0.1, -0.05) is 13.8 Å². The van der Waals surface area contributed by atoms with Crippen molar-refractivity contribution in [3.8, 4) is 0 Å². The van der Waals surface area contributed by atoms with Crippen molar-refractivity contribution < 1.29 is 8.42 Å². The molecule has 5 heteroatoms. The van der Waals surface area contributed by atoms with Gasteiger partial charge in [0.1, 0.15) is 0 Å². The zero-order valence-electron chi connectivity index (χ0n) is 12.3. The molecule has 19 heavy (non-hydrogen) atoms. The summed E-state index contributed by atoms with van der Waals surface area (Å²) in [5, 5.41) is 0. The van der Waals surface area contributed by atoms with E-state index in [0.717, 1.165) is 38.5 Å². The highest BCUT2D eigenvalue weighted by Gasteiger charge is 2.44. The average Bonchev–Trinajstić information content (AvgIpc) is 3.15. The first kappa shape index (κ1) is 15.3. The predicted octanol–water partition coefficient (Wildman–Crippen LogP) is 1.96. The van der Waals surface area contributed by atoms with Crippen LogP contribution in [-0.4, -0.2) is 37.1 Å². The van der Waals surface area contributed by atoms with Gasteiger partial charge in [-0.2, -0.15) is 4.31 Å². The Morgan fingerprint density at radius 1 is 1.21 bits per heavy atom. The van der Waals surface area contributed by atoms with Crippen molar-refractivity contribution in [2.45, 2.75) is 57.9 Å². The van der Waals surface area contributed by atoms with Crippen LogP contribution >= 0.6 is 0 Å². The smallest absolute Gasteiger partial charge is 0.214 e. The fourth-order valence-electron chi connectivity index (χ4n) is 3.35. The van der Waals surface area contributed by atoms with E-state index in [0.29, 0.717) is 30.7 Å². The molecule has 2 rings (SSSR count). The summed E-state index contributed by atoms with van der Waals surface area (Å²) >= 11 is 0. The van der Waals surface area contributed by atoms with Gasteiger partial charge in [-0.05, 0) is 50.4 Å². The lowest BCUT2D eigenvalue weighted by molar-refractivity contribution is 0.120. The van der Waals surface area contributed by atoms with E-state index in [2.05, 4.69) is 6.92 Å². The van der Waals surface area contributed by atoms with Crippen LogP contribution in [-0.2, 0) is 10.0 Å². The van der Waals surface area contributed by atoms with E-state index < -0.39 is 10.0 Å². The van der Waals surface area contributed by atoms with E-state index in [-0.39, 0.29) is 5.54 Å². The summed E-state index contributed by atoms with van der Waals surface area (Å²) in [5.41, 5.74) is 5.69. The van der Waals surface area contributed by atoms with E-state index in [1.165, 1.54) is 0 Å². The molecular formula is C14H28N2O2S. The van der Waals surface area contributed by atoms with Crippen molar-refractivity contribution in [3.63, 3.8) is 0 Å². The van der Waals surface area contributed by atoms with Crippen LogP contribution in [0.2, 0.25) is 0 Å². The monoisotopic (exact) mass is 288 g/mol. The van der Waals surface area contributed by atoms with Gasteiger partial charge < -0.3 is 5.73 Å². The normalized spacial score (nSPS) is 32.7. The van der Waals surface area contributed by atoms with Crippen molar-refractivity contribution in [1.82, 2.24) is 4.31 Å². The van der Waals surface area contributed by atoms with Crippen LogP contribution in [0.3, 0.4) is 0 Å². The molecule has 2 aliphatic carbocycles. The molecule has 0 aromatic heterocycles. The highest BCUT2D eigenvalue weighted by atomic mass is 32.2. The summed E-state index contributed by atoms with van der Waals surface area (Å²) in [7, 11) is -3.14. The van der Waals surface area contributed by atoms with Crippen LogP contribution in [0.4, 0.5) is 0 Å². The van der Waals surface area contributed by atoms with Gasteiger partial charge in [0.2, 0.25) is 10.0 Å². The molecule has 0 aromatic carbocycles. The first-order valence-corrected chi connectivity index (χ1v) is 9.25. The van der Waals surface area contributed by atoms with Crippen molar-refractivity contribution in [2.75, 3.05) is 18.8 Å². The maximum absolute atomic E-state index is 12.6. The minimum atomic E-state index is -3.14. The molecule has 0 aliphatic heterocycles. The fourth-order valence-corrected chi connectivity index (χ4v) is 5.70. The Kier molecular flexibility index (Phi) is 4.58. The van der Waals surface area contributed by atoms with Crippen molar-refractivity contribution in [1.29, 1.82) is 0 Å². The lowest BCUT2D eigenvalue weighted by Crippen LogP contribution is -2.58. The van der Waals surface area contributed by atoms with Gasteiger partial charge >= 0.3 is 0 Å². The molecule has 0 amide bonds. The highest BCUT2D eigenvalue weighted by Crippen LogP contribution is 2.39. The SMILES string of the molecule is CCN(C1(CN)CCC(C)CC1)S(=O)(=O)CC1CC1. The number of rotatable bonds is 6. The maximum Gasteiger partial charge on any atom is 0.214 e. The van der Waals surface area contributed by atoms with Gasteiger partial charge in [0.05, 0.1) is 5.75 Å². The van der Waals surface area contributed by atoms with Gasteiger partial charge in [-0.15, -0.1) is 0 Å². The molecule has 2 aliphatic rings. The van der Waals surface area contributed by atoms with Crippen molar-refractivity contribution in [2.24, 2.45) is 17.6 Å². The average molecular weight is 288 g/mol. The Morgan fingerprint density at radius 2 is 1.79 bits per heavy atom. The van der Waals surface area contributed by atoms with Gasteiger partial charge in [0, 0.05) is 18.6 Å². The van der Waals surface area contributed by atoms with E-state index in [1.807, 2.05) is 6.92 Å². The number of sulfonamides is 1. The minimum absolute atomic E-state index is 0.311. The molecule has 0 heterocycles. The summed E-state index contributed by atoms with van der Waals surface area (Å²) < 4.78 is 27.0. The Hall–Kier alpha value is -0.130. The van der Waals surface area contributed by atoms with Crippen LogP contribution in [0.15, 0.2) is 0 Å². The van der Waals surface area contributed by atoms with Crippen molar-refractivity contribution in [3.05, 3.63) is 0 Å². The third kappa shape index (κ3) is 3.31. The van der Waals surface area contributed by atoms with E-state index in [4.69, 9.17) is 5.73 Å². The Bertz CT molecular complexity index is 396. The largest absolute Gasteiger partial charge is 0.329 e. The Labute approximate surface area is 117 Å². The summed E-state index contributed by atoms with van der Waals surface area (Å²) in [6.07, 6.45) is 6.16. The van der Waals surface area contributed by atoms with Gasteiger partial charge in [-0.25, -0.2) is 8.42 Å². The summed E-state index contributed by atoms with van der Waals surface area (Å²) in [6.45, 7) is 5.20. The molecule has 0 atom stereocenters. The molecule has 2 N–H and O–H groups in total. The summed E-state index contributed by atoms with van der Waals surface area (Å²) in [5.74, 6) is 1.43. The van der Waals surface area contributed by atoms with Crippen LogP contribution in [0.5, 0.6) is 0 Å². The molecule has 0 unspecified atom stereocenters. The molecule has 2 fully saturated rings. The molecule has 0 aromatic rings. The molecule has 0 bridgehead atoms. The van der Waals surface area contributed by atoms with Crippen LogP contribution in [0.25, 0.3) is 0 Å². The number of nitrogens with zero attached hydrogens (tertiary/aromatic N) is 1. The van der Waals surface area contributed by atoms with Crippen LogP contribution < -0.4 is 5.73 Å². The zero-order valence-corrected chi connectivity index (χ0v) is 13.1. The molecule has 2 saturated carbocycles. The lowest BCUT2D eigenvalue weighted by Gasteiger charge is -2.46. The van der Waals surface area contributed by atoms with E-state index in [9.17, 15) is 8.42 Å². The van der Waals surface area contributed by atoms with Gasteiger partial charge in [0.15, 0.2) is 0 Å². The first-order valence-electron chi connectivity index (χ1n) is 7.64. The Morgan fingerprint density at radius 3 is 2.21 bits per heavy atom. The minimum Gasteiger partial charge on any atom is -0.329 e. The second-order valence-electron chi connectivity index (χ2n) is 6.50. The number of hydrogen-bond donors (Lipinski definition) is 1. The fraction of sp³-hybridized carbons (Fsp3) is 1.00.